The fourth-order valence-corrected chi connectivity index (χ4v) is 11.2. The molecule has 0 N–H and O–H groups in total. The predicted octanol–water partition coefficient (Wildman–Crippen LogP) is 8.82. The maximum Gasteiger partial charge on any atom is 0.302 e. The molecular formula is C42H54O6. The Balaban J connectivity index is 1.33. The van der Waals surface area contributed by atoms with E-state index in [1.807, 2.05) is 0 Å². The van der Waals surface area contributed by atoms with Gasteiger partial charge in [-0.15, -0.1) is 0 Å². The Morgan fingerprint density at radius 3 is 1.96 bits per heavy atom. The van der Waals surface area contributed by atoms with Crippen LogP contribution in [0.3, 0.4) is 0 Å². The summed E-state index contributed by atoms with van der Waals surface area (Å²) < 4.78 is 18.3. The van der Waals surface area contributed by atoms with Crippen molar-refractivity contribution < 1.29 is 28.6 Å². The molecule has 0 heterocycles. The van der Waals surface area contributed by atoms with Gasteiger partial charge in [0.05, 0.1) is 0 Å². The molecule has 0 aliphatic heterocycles. The van der Waals surface area contributed by atoms with Crippen LogP contribution in [-0.4, -0.2) is 36.2 Å². The summed E-state index contributed by atoms with van der Waals surface area (Å²) in [6, 6.07) is 21.2. The molecule has 4 fully saturated rings. The van der Waals surface area contributed by atoms with Gasteiger partial charge in [0, 0.05) is 32.1 Å². The van der Waals surface area contributed by atoms with Crippen LogP contribution in [0.15, 0.2) is 66.7 Å². The van der Waals surface area contributed by atoms with E-state index >= 15 is 0 Å². The van der Waals surface area contributed by atoms with Crippen LogP contribution in [0.5, 0.6) is 0 Å². The maximum atomic E-state index is 12.8. The second kappa shape index (κ2) is 13.8. The minimum Gasteiger partial charge on any atom is -0.463 e. The number of rotatable bonds is 8. The summed E-state index contributed by atoms with van der Waals surface area (Å²) >= 11 is 0. The molecule has 6 heteroatoms. The van der Waals surface area contributed by atoms with Gasteiger partial charge in [-0.1, -0.05) is 87.5 Å². The van der Waals surface area contributed by atoms with Gasteiger partial charge in [0.2, 0.25) is 0 Å². The van der Waals surface area contributed by atoms with Crippen molar-refractivity contribution >= 4 is 23.5 Å². The molecule has 4 saturated carbocycles. The third-order valence-electron chi connectivity index (χ3n) is 13.3. The average Bonchev–Trinajstić information content (AvgIpc) is 3.40. The quantitative estimate of drug-likeness (QED) is 0.209. The van der Waals surface area contributed by atoms with E-state index in [0.717, 1.165) is 51.4 Å². The molecular weight excluding hydrogens is 600 g/mol. The average molecular weight is 655 g/mol. The van der Waals surface area contributed by atoms with E-state index in [4.69, 9.17) is 14.2 Å². The smallest absolute Gasteiger partial charge is 0.302 e. The van der Waals surface area contributed by atoms with Crippen molar-refractivity contribution in [2.24, 2.45) is 46.3 Å². The summed E-state index contributed by atoms with van der Waals surface area (Å²) in [5.74, 6) is 0.994. The highest BCUT2D eigenvalue weighted by Gasteiger charge is 2.67. The fourth-order valence-electron chi connectivity index (χ4n) is 11.2. The molecule has 4 aliphatic rings. The van der Waals surface area contributed by atoms with Gasteiger partial charge < -0.3 is 14.2 Å². The minimum absolute atomic E-state index is 0.00952. The Bertz CT molecular complexity index is 1460. The van der Waals surface area contributed by atoms with E-state index in [1.165, 1.54) is 30.5 Å². The van der Waals surface area contributed by atoms with E-state index in [0.29, 0.717) is 11.8 Å². The zero-order valence-electron chi connectivity index (χ0n) is 29.7. The van der Waals surface area contributed by atoms with Gasteiger partial charge in [0.1, 0.15) is 18.3 Å². The molecule has 0 aromatic heterocycles. The fraction of sp³-hybridized carbons (Fsp3) is 0.595. The van der Waals surface area contributed by atoms with Crippen LogP contribution in [0.4, 0.5) is 0 Å². The summed E-state index contributed by atoms with van der Waals surface area (Å²) in [4.78, 5) is 37.2. The van der Waals surface area contributed by atoms with Gasteiger partial charge >= 0.3 is 17.9 Å². The normalized spacial score (nSPS) is 36.0. The van der Waals surface area contributed by atoms with Crippen LogP contribution in [0.1, 0.15) is 104 Å². The Hall–Kier alpha value is -3.41. The molecule has 2 unspecified atom stereocenters. The first kappa shape index (κ1) is 34.5. The van der Waals surface area contributed by atoms with Gasteiger partial charge in [-0.25, -0.2) is 0 Å². The lowest BCUT2D eigenvalue weighted by molar-refractivity contribution is -0.224. The molecule has 2 aromatic rings. The number of fused-ring (bicyclic) bond motifs is 5. The van der Waals surface area contributed by atoms with Crippen molar-refractivity contribution in [3.05, 3.63) is 77.9 Å². The van der Waals surface area contributed by atoms with Crippen molar-refractivity contribution in [3.63, 3.8) is 0 Å². The number of carbonyl (C=O) groups is 3. The summed E-state index contributed by atoms with van der Waals surface area (Å²) in [5, 5.41) is 0. The van der Waals surface area contributed by atoms with Crippen molar-refractivity contribution in [2.75, 3.05) is 0 Å². The molecule has 0 saturated heterocycles. The third-order valence-corrected chi connectivity index (χ3v) is 13.3. The molecule has 6 nitrogen and oxygen atoms in total. The number of hydrogen-bond donors (Lipinski definition) is 0. The molecule has 2 aromatic carbocycles. The zero-order valence-corrected chi connectivity index (χ0v) is 29.7. The molecule has 4 aliphatic carbocycles. The molecule has 0 radical (unpaired) electrons. The number of allylic oxidation sites excluding steroid dienone is 1. The van der Waals surface area contributed by atoms with E-state index in [-0.39, 0.29) is 70.7 Å². The van der Waals surface area contributed by atoms with Crippen LogP contribution in [0.2, 0.25) is 0 Å². The molecule has 6 rings (SSSR count). The first-order valence-electron chi connectivity index (χ1n) is 18.2. The molecule has 48 heavy (non-hydrogen) atoms. The monoisotopic (exact) mass is 654 g/mol. The number of benzene rings is 2. The standard InChI is InChI=1S/C42H54O6/c1-26(17-18-34(30-13-9-7-10-14-30)31-15-11-8-12-16-31)35-19-20-36-40-37(25-39(42(35,36)6)48-29(4)45)41(5)22-21-33(46-27(2)43)23-32(41)24-38(40)47-28(3)44/h7-16,18,26,32-33,35-40H,17,19-25H2,1-6H3/t26-,32?,33-,35-,36+,37+,38-,39+,40?,41+,42-/m1/s1. The van der Waals surface area contributed by atoms with Crippen LogP contribution in [0, 0.1) is 46.3 Å². The molecule has 258 valence electrons. The SMILES string of the molecule is CC(=O)O[C@@H]1CC[C@@]2(C)C(C1)C[C@@H](OC(C)=O)C1[C@@H]3CC[C@H]([C@H](C)CC=C(c4ccccc4)c4ccccc4)[C@@]3(C)[C@@H](OC(C)=O)C[C@@H]12. The Morgan fingerprint density at radius 1 is 0.771 bits per heavy atom. The largest absolute Gasteiger partial charge is 0.463 e. The second-order valence-corrected chi connectivity index (χ2v) is 15.8. The third kappa shape index (κ3) is 6.48. The van der Waals surface area contributed by atoms with Crippen molar-refractivity contribution in [2.45, 2.75) is 111 Å². The van der Waals surface area contributed by atoms with Gasteiger partial charge in [-0.3, -0.25) is 14.4 Å². The Kier molecular flexibility index (Phi) is 9.93. The first-order chi connectivity index (χ1) is 22.9. The number of esters is 3. The molecule has 11 atom stereocenters. The number of hydrogen-bond acceptors (Lipinski definition) is 6. The first-order valence-corrected chi connectivity index (χ1v) is 18.2. The molecule has 0 amide bonds. The van der Waals surface area contributed by atoms with Crippen LogP contribution < -0.4 is 0 Å². The predicted molar refractivity (Wildman–Crippen MR) is 186 cm³/mol. The summed E-state index contributed by atoms with van der Waals surface area (Å²) in [6.07, 6.45) is 9.06. The lowest BCUT2D eigenvalue weighted by Gasteiger charge is -2.64. The number of ether oxygens (including phenoxy) is 3. The molecule has 0 bridgehead atoms. The van der Waals surface area contributed by atoms with Crippen molar-refractivity contribution in [3.8, 4) is 0 Å². The van der Waals surface area contributed by atoms with E-state index in [2.05, 4.69) is 87.5 Å². The highest BCUT2D eigenvalue weighted by molar-refractivity contribution is 5.79. The summed E-state index contributed by atoms with van der Waals surface area (Å²) in [5.41, 5.74) is 3.42. The second-order valence-electron chi connectivity index (χ2n) is 15.8. The highest BCUT2D eigenvalue weighted by Crippen LogP contribution is 2.69. The minimum atomic E-state index is -0.240. The number of carbonyl (C=O) groups excluding carboxylic acids is 3. The maximum absolute atomic E-state index is 12.8. The topological polar surface area (TPSA) is 78.9 Å². The van der Waals surface area contributed by atoms with Crippen LogP contribution in [0.25, 0.3) is 5.57 Å². The van der Waals surface area contributed by atoms with Gasteiger partial charge in [-0.05, 0) is 103 Å². The highest BCUT2D eigenvalue weighted by atomic mass is 16.6. The zero-order chi connectivity index (χ0) is 34.2. The summed E-state index contributed by atoms with van der Waals surface area (Å²) in [6.45, 7) is 11.7. The van der Waals surface area contributed by atoms with E-state index < -0.39 is 0 Å². The summed E-state index contributed by atoms with van der Waals surface area (Å²) in [7, 11) is 0. The van der Waals surface area contributed by atoms with Crippen LogP contribution >= 0.6 is 0 Å². The van der Waals surface area contributed by atoms with E-state index in [1.54, 1.807) is 6.92 Å². The van der Waals surface area contributed by atoms with Crippen molar-refractivity contribution in [1.29, 1.82) is 0 Å². The van der Waals surface area contributed by atoms with Gasteiger partial charge in [0.15, 0.2) is 0 Å². The van der Waals surface area contributed by atoms with E-state index in [9.17, 15) is 14.4 Å². The van der Waals surface area contributed by atoms with Crippen molar-refractivity contribution in [1.82, 2.24) is 0 Å². The van der Waals surface area contributed by atoms with Gasteiger partial charge in [0.25, 0.3) is 0 Å². The Morgan fingerprint density at radius 2 is 1.38 bits per heavy atom. The lowest BCUT2D eigenvalue weighted by Crippen LogP contribution is -2.63. The van der Waals surface area contributed by atoms with Gasteiger partial charge in [-0.2, -0.15) is 0 Å². The van der Waals surface area contributed by atoms with Crippen LogP contribution in [-0.2, 0) is 28.6 Å². The molecule has 0 spiro atoms. The lowest BCUT2D eigenvalue weighted by atomic mass is 9.43. The Labute approximate surface area is 287 Å².